The Kier molecular flexibility index (Phi) is 5.67. The molecule has 0 aromatic carbocycles. The molecule has 1 saturated carbocycles. The highest BCUT2D eigenvalue weighted by Gasteiger charge is 2.28. The van der Waals surface area contributed by atoms with Crippen LogP contribution in [0.15, 0.2) is 4.79 Å². The highest BCUT2D eigenvalue weighted by Crippen LogP contribution is 2.35. The van der Waals surface area contributed by atoms with Gasteiger partial charge in [-0.1, -0.05) is 19.8 Å². The van der Waals surface area contributed by atoms with Crippen molar-refractivity contribution in [3.05, 3.63) is 26.6 Å². The van der Waals surface area contributed by atoms with Gasteiger partial charge in [-0.05, 0) is 43.6 Å². The van der Waals surface area contributed by atoms with Gasteiger partial charge in [-0.25, -0.2) is 4.98 Å². The van der Waals surface area contributed by atoms with Gasteiger partial charge in [0.25, 0.3) is 5.56 Å². The molecule has 0 radical (unpaired) electrons. The number of hydrogen-bond donors (Lipinski definition) is 1. The Bertz CT molecular complexity index is 983. The topological polar surface area (TPSA) is 69.3 Å². The maximum absolute atomic E-state index is 12.7. The lowest BCUT2D eigenvalue weighted by atomic mass is 9.89. The van der Waals surface area contributed by atoms with Gasteiger partial charge in [-0.3, -0.25) is 14.5 Å². The van der Waals surface area contributed by atoms with E-state index in [0.717, 1.165) is 61.7 Å². The minimum atomic E-state index is -0.0281. The van der Waals surface area contributed by atoms with Crippen molar-refractivity contribution < 1.29 is 4.79 Å². The number of aryl methyl sites for hydroxylation is 2. The Balaban J connectivity index is 1.21. The number of rotatable bonds is 4. The second kappa shape index (κ2) is 8.42. The van der Waals surface area contributed by atoms with Crippen LogP contribution in [0.4, 0.5) is 0 Å². The number of thiophene rings is 1. The average molecular weight is 429 g/mol. The lowest BCUT2D eigenvalue weighted by molar-refractivity contribution is -0.133. The van der Waals surface area contributed by atoms with Gasteiger partial charge < -0.3 is 9.88 Å². The number of H-pyrrole nitrogens is 1. The first-order valence-electron chi connectivity index (χ1n) is 11.6. The zero-order chi connectivity index (χ0) is 20.7. The first-order valence-corrected chi connectivity index (χ1v) is 12.5. The Morgan fingerprint density at radius 3 is 2.70 bits per heavy atom. The number of nitrogens with zero attached hydrogens (tertiary/aromatic N) is 3. The zero-order valence-electron chi connectivity index (χ0n) is 17.9. The predicted molar refractivity (Wildman–Crippen MR) is 120 cm³/mol. The van der Waals surface area contributed by atoms with Gasteiger partial charge in [-0.15, -0.1) is 11.3 Å². The Morgan fingerprint density at radius 2 is 1.93 bits per heavy atom. The summed E-state index contributed by atoms with van der Waals surface area (Å²) in [5.74, 6) is 1.51. The molecule has 0 spiro atoms. The summed E-state index contributed by atoms with van der Waals surface area (Å²) in [5, 5.41) is 0.792. The Hall–Kier alpha value is -1.73. The van der Waals surface area contributed by atoms with Crippen LogP contribution in [0, 0.1) is 5.92 Å². The summed E-state index contributed by atoms with van der Waals surface area (Å²) in [6.45, 7) is 5.92. The minimum absolute atomic E-state index is 0.0281. The van der Waals surface area contributed by atoms with E-state index < -0.39 is 0 Å². The number of aromatic amines is 1. The van der Waals surface area contributed by atoms with Gasteiger partial charge in [0, 0.05) is 49.9 Å². The fourth-order valence-corrected chi connectivity index (χ4v) is 6.90. The van der Waals surface area contributed by atoms with E-state index in [9.17, 15) is 9.59 Å². The number of aromatic nitrogens is 2. The summed E-state index contributed by atoms with van der Waals surface area (Å²) in [6, 6.07) is 0.739. The number of hydrogen-bond acceptors (Lipinski definition) is 5. The molecule has 1 atom stereocenters. The number of piperazine rings is 1. The van der Waals surface area contributed by atoms with Crippen molar-refractivity contribution in [2.75, 3.05) is 26.2 Å². The average Bonchev–Trinajstić information content (AvgIpc) is 3.39. The van der Waals surface area contributed by atoms with E-state index in [1.807, 2.05) is 4.90 Å². The largest absolute Gasteiger partial charge is 0.340 e. The van der Waals surface area contributed by atoms with Crippen LogP contribution in [0.2, 0.25) is 0 Å². The van der Waals surface area contributed by atoms with Crippen LogP contribution < -0.4 is 5.56 Å². The number of nitrogens with one attached hydrogen (secondary N) is 1. The van der Waals surface area contributed by atoms with Crippen LogP contribution in [0.5, 0.6) is 0 Å². The van der Waals surface area contributed by atoms with Crippen molar-refractivity contribution >= 4 is 27.5 Å². The number of carbonyl (C=O) groups is 1. The molecule has 162 valence electrons. The molecular weight excluding hydrogens is 396 g/mol. The molecule has 7 heteroatoms. The van der Waals surface area contributed by atoms with E-state index in [-0.39, 0.29) is 11.5 Å². The van der Waals surface area contributed by atoms with E-state index in [0.29, 0.717) is 24.6 Å². The van der Waals surface area contributed by atoms with Gasteiger partial charge in [0.2, 0.25) is 5.91 Å². The normalized spacial score (nSPS) is 23.2. The van der Waals surface area contributed by atoms with Gasteiger partial charge in [0.1, 0.15) is 10.7 Å². The van der Waals surface area contributed by atoms with Crippen molar-refractivity contribution in [2.24, 2.45) is 5.92 Å². The molecule has 1 aliphatic heterocycles. The first-order chi connectivity index (χ1) is 14.6. The molecule has 30 heavy (non-hydrogen) atoms. The number of fused-ring (bicyclic) bond motifs is 3. The number of amides is 1. The van der Waals surface area contributed by atoms with E-state index >= 15 is 0 Å². The standard InChI is InChI=1S/C23H32N4O2S/c1-15-6-7-17-18(14-15)30-23-21(17)22(29)24-19(25-23)8-9-20(28)27-12-10-26(11-13-27)16-4-2-3-5-16/h15-16H,2-14H2,1H3,(H,24,25,29). The molecular formula is C23H32N4O2S. The fourth-order valence-electron chi connectivity index (χ4n) is 5.50. The van der Waals surface area contributed by atoms with Crippen molar-refractivity contribution in [3.63, 3.8) is 0 Å². The lowest BCUT2D eigenvalue weighted by Crippen LogP contribution is -2.51. The van der Waals surface area contributed by atoms with Crippen LogP contribution in [0.3, 0.4) is 0 Å². The minimum Gasteiger partial charge on any atom is -0.340 e. The summed E-state index contributed by atoms with van der Waals surface area (Å²) in [5.41, 5.74) is 1.18. The summed E-state index contributed by atoms with van der Waals surface area (Å²) in [7, 11) is 0. The molecule has 3 heterocycles. The Morgan fingerprint density at radius 1 is 1.17 bits per heavy atom. The summed E-state index contributed by atoms with van der Waals surface area (Å²) in [6.07, 6.45) is 9.44. The summed E-state index contributed by atoms with van der Waals surface area (Å²) >= 11 is 1.67. The smallest absolute Gasteiger partial charge is 0.259 e. The fraction of sp³-hybridized carbons (Fsp3) is 0.696. The van der Waals surface area contributed by atoms with Gasteiger partial charge in [-0.2, -0.15) is 0 Å². The van der Waals surface area contributed by atoms with Crippen molar-refractivity contribution in [3.8, 4) is 0 Å². The van der Waals surface area contributed by atoms with Gasteiger partial charge >= 0.3 is 0 Å². The molecule has 1 unspecified atom stereocenters. The van der Waals surface area contributed by atoms with Crippen LogP contribution >= 0.6 is 11.3 Å². The van der Waals surface area contributed by atoms with Crippen LogP contribution in [-0.4, -0.2) is 57.9 Å². The highest BCUT2D eigenvalue weighted by molar-refractivity contribution is 7.18. The van der Waals surface area contributed by atoms with E-state index in [1.54, 1.807) is 11.3 Å². The van der Waals surface area contributed by atoms with Crippen LogP contribution in [0.1, 0.15) is 61.7 Å². The third-order valence-corrected chi connectivity index (χ3v) is 8.45. The second-order valence-electron chi connectivity index (χ2n) is 9.40. The molecule has 2 aromatic rings. The molecule has 3 aliphatic rings. The lowest BCUT2D eigenvalue weighted by Gasteiger charge is -2.38. The third-order valence-electron chi connectivity index (χ3n) is 7.30. The van der Waals surface area contributed by atoms with E-state index in [2.05, 4.69) is 16.8 Å². The summed E-state index contributed by atoms with van der Waals surface area (Å²) < 4.78 is 0. The first kappa shape index (κ1) is 20.2. The predicted octanol–water partition coefficient (Wildman–Crippen LogP) is 3.13. The molecule has 2 aromatic heterocycles. The molecule has 0 bridgehead atoms. The molecule has 5 rings (SSSR count). The molecule has 1 N–H and O–H groups in total. The van der Waals surface area contributed by atoms with Crippen molar-refractivity contribution in [1.82, 2.24) is 19.8 Å². The highest BCUT2D eigenvalue weighted by atomic mass is 32.1. The molecule has 6 nitrogen and oxygen atoms in total. The van der Waals surface area contributed by atoms with Gasteiger partial charge in [0.05, 0.1) is 5.39 Å². The Labute approximate surface area is 181 Å². The second-order valence-corrected chi connectivity index (χ2v) is 10.5. The van der Waals surface area contributed by atoms with Crippen molar-refractivity contribution in [2.45, 2.75) is 70.8 Å². The molecule has 2 aliphatic carbocycles. The molecule has 1 amide bonds. The maximum atomic E-state index is 12.7. The van der Waals surface area contributed by atoms with Crippen LogP contribution in [0.25, 0.3) is 10.2 Å². The molecule has 1 saturated heterocycles. The third kappa shape index (κ3) is 3.94. The summed E-state index contributed by atoms with van der Waals surface area (Å²) in [4.78, 5) is 39.9. The SMILES string of the molecule is CC1CCc2c(sc3nc(CCC(=O)N4CCN(C5CCCC5)CC4)[nH]c(=O)c23)C1. The van der Waals surface area contributed by atoms with E-state index in [4.69, 9.17) is 4.98 Å². The number of carbonyl (C=O) groups excluding carboxylic acids is 1. The van der Waals surface area contributed by atoms with Gasteiger partial charge in [0.15, 0.2) is 0 Å². The molecule has 2 fully saturated rings. The van der Waals surface area contributed by atoms with E-state index in [1.165, 1.54) is 36.1 Å². The van der Waals surface area contributed by atoms with Crippen molar-refractivity contribution in [1.29, 1.82) is 0 Å². The quantitative estimate of drug-likeness (QED) is 0.812. The monoisotopic (exact) mass is 428 g/mol. The maximum Gasteiger partial charge on any atom is 0.259 e. The van der Waals surface area contributed by atoms with Crippen LogP contribution in [-0.2, 0) is 24.1 Å². The zero-order valence-corrected chi connectivity index (χ0v) is 18.7.